The molecule has 3 aliphatic rings. The van der Waals surface area contributed by atoms with E-state index in [1.807, 2.05) is 0 Å². The minimum absolute atomic E-state index is 0.494. The third-order valence-corrected chi connectivity index (χ3v) is 20.2. The van der Waals surface area contributed by atoms with Gasteiger partial charge in [-0.1, -0.05) is 40.0 Å². The monoisotopic (exact) mass is 1290 g/mol. The van der Waals surface area contributed by atoms with Gasteiger partial charge in [0.2, 0.25) is 0 Å². The van der Waals surface area contributed by atoms with E-state index < -0.39 is 93.2 Å². The van der Waals surface area contributed by atoms with Gasteiger partial charge in [0.05, 0.1) is 78.5 Å². The smallest absolute Gasteiger partial charge is 0.421 e. The Morgan fingerprint density at radius 3 is 0.571 bits per heavy atom. The fourth-order valence-corrected chi connectivity index (χ4v) is 14.2. The van der Waals surface area contributed by atoms with Crippen LogP contribution in [0, 0.1) is 5.41 Å². The molecule has 0 aliphatic carbocycles. The molecule has 0 amide bonds. The van der Waals surface area contributed by atoms with Crippen molar-refractivity contribution in [1.29, 1.82) is 0 Å². The van der Waals surface area contributed by atoms with Crippen molar-refractivity contribution in [3.63, 3.8) is 0 Å². The first kappa shape index (κ1) is 75.2. The lowest BCUT2D eigenvalue weighted by Crippen LogP contribution is -2.64. The Morgan fingerprint density at radius 1 is 0.312 bits per heavy atom. The second-order valence-electron chi connectivity index (χ2n) is 18.8. The largest absolute Gasteiger partial charge is 0.480 e. The van der Waals surface area contributed by atoms with Gasteiger partial charge in [-0.25, -0.2) is 50.5 Å². The summed E-state index contributed by atoms with van der Waals surface area (Å²) in [6.07, 6.45) is 17.3. The standard InChI is InChI=1S/C29H60N3.3C2F6NO4S2/c1-5-8-17-30(20-11-12-21-30)26-29(4,27-31(18-9-6-2)22-13-14-23-31)28-32(19-10-7-3)24-15-16-25-32;3*3-1(4,5)14(10,11)9-15(12,13)2(6,7)8/h5-28H2,1-4H3;;;/q+3;3*-1. The van der Waals surface area contributed by atoms with Gasteiger partial charge in [0, 0.05) is 38.5 Å². The molecular formula is C35H60F18N6O12S6. The highest BCUT2D eigenvalue weighted by molar-refractivity contribution is 8.14. The van der Waals surface area contributed by atoms with Gasteiger partial charge < -0.3 is 25.8 Å². The zero-order valence-electron chi connectivity index (χ0n) is 41.3. The van der Waals surface area contributed by atoms with Gasteiger partial charge in [0.1, 0.15) is 5.41 Å². The van der Waals surface area contributed by atoms with Crippen LogP contribution in [0.25, 0.3) is 12.4 Å². The van der Waals surface area contributed by atoms with E-state index in [1.165, 1.54) is 169 Å². The van der Waals surface area contributed by atoms with Crippen LogP contribution in [0.1, 0.15) is 105 Å². The van der Waals surface area contributed by atoms with Gasteiger partial charge >= 0.3 is 33.0 Å². The number of rotatable bonds is 21. The summed E-state index contributed by atoms with van der Waals surface area (Å²) in [6, 6.07) is 0. The van der Waals surface area contributed by atoms with Crippen LogP contribution in [-0.4, -0.2) is 176 Å². The van der Waals surface area contributed by atoms with E-state index in [1.54, 1.807) is 0 Å². The van der Waals surface area contributed by atoms with Crippen molar-refractivity contribution in [2.45, 2.75) is 138 Å². The number of unbranched alkanes of at least 4 members (excludes halogenated alkanes) is 3. The fourth-order valence-electron chi connectivity index (χ4n) is 9.10. The molecule has 0 radical (unpaired) electrons. The molecule has 0 atom stereocenters. The number of quaternary nitrogens is 3. The van der Waals surface area contributed by atoms with Crippen LogP contribution in [0.4, 0.5) is 79.0 Å². The number of hydrogen-bond donors (Lipinski definition) is 0. The van der Waals surface area contributed by atoms with Crippen molar-refractivity contribution in [3.8, 4) is 0 Å². The van der Waals surface area contributed by atoms with E-state index in [4.69, 9.17) is 0 Å². The molecule has 0 N–H and O–H groups in total. The van der Waals surface area contributed by atoms with E-state index in [0.29, 0.717) is 5.41 Å². The van der Waals surface area contributed by atoms with Gasteiger partial charge in [0.15, 0.2) is 60.1 Å². The Labute approximate surface area is 435 Å². The first-order valence-electron chi connectivity index (χ1n) is 22.7. The Morgan fingerprint density at radius 2 is 0.455 bits per heavy atom. The molecule has 3 heterocycles. The van der Waals surface area contributed by atoms with Crippen LogP contribution >= 0.6 is 0 Å². The molecule has 0 saturated carbocycles. The third kappa shape index (κ3) is 22.8. The molecule has 0 unspecified atom stereocenters. The number of likely N-dealkylation sites (tertiary alicyclic amines) is 3. The molecule has 18 nitrogen and oxygen atoms in total. The summed E-state index contributed by atoms with van der Waals surface area (Å²) < 4.78 is 332. The maximum absolute atomic E-state index is 11.4. The molecule has 0 aromatic carbocycles. The predicted molar refractivity (Wildman–Crippen MR) is 240 cm³/mol. The summed E-state index contributed by atoms with van der Waals surface area (Å²) >= 11 is 0. The fraction of sp³-hybridized carbons (Fsp3) is 1.00. The zero-order valence-corrected chi connectivity index (χ0v) is 46.2. The van der Waals surface area contributed by atoms with Crippen molar-refractivity contribution in [1.82, 2.24) is 0 Å². The first-order valence-corrected chi connectivity index (χ1v) is 31.3. The number of hydrogen-bond acceptors (Lipinski definition) is 12. The molecular weight excluding hydrogens is 1230 g/mol. The summed E-state index contributed by atoms with van der Waals surface area (Å²) in [5, 5.41) is 0. The van der Waals surface area contributed by atoms with Crippen LogP contribution in [0.15, 0.2) is 0 Å². The molecule has 0 aromatic heterocycles. The molecule has 0 bridgehead atoms. The minimum atomic E-state index is -6.72. The lowest BCUT2D eigenvalue weighted by molar-refractivity contribution is -0.967. The van der Waals surface area contributed by atoms with Gasteiger partial charge in [-0.3, -0.25) is 0 Å². The topological polar surface area (TPSA) is 247 Å². The molecule has 0 aromatic rings. The molecule has 3 aliphatic heterocycles. The van der Waals surface area contributed by atoms with Crippen molar-refractivity contribution in [3.05, 3.63) is 12.4 Å². The summed E-state index contributed by atoms with van der Waals surface area (Å²) in [6.45, 7) is 27.6. The summed E-state index contributed by atoms with van der Waals surface area (Å²) in [5.41, 5.74) is -36.7. The SMILES string of the molecule is CCCC[N+]1(CC(C)(C[N+]2(CCCC)CCCC2)C[N+]2(CCCC)CCCC2)CCCC1.O=S(=O)([N-]S(=O)(=O)C(F)(F)F)C(F)(F)F.O=S(=O)([N-]S(=O)(=O)C(F)(F)F)C(F)(F)F.O=S(=O)([N-]S(=O)(=O)C(F)(F)F)C(F)(F)F. The minimum Gasteiger partial charge on any atom is -0.421 e. The number of halogens is 18. The van der Waals surface area contributed by atoms with Crippen molar-refractivity contribution in [2.75, 3.05) is 78.5 Å². The Kier molecular flexibility index (Phi) is 26.4. The lowest BCUT2D eigenvalue weighted by atomic mass is 9.84. The second-order valence-corrected chi connectivity index (χ2v) is 29.0. The first-order chi connectivity index (χ1) is 34.0. The highest BCUT2D eigenvalue weighted by Gasteiger charge is 2.53. The Balaban J connectivity index is 0.00000109. The molecule has 3 saturated heterocycles. The van der Waals surface area contributed by atoms with Crippen LogP contribution in [-0.2, 0) is 60.1 Å². The quantitative estimate of drug-likeness (QED) is 0.0770. The zero-order chi connectivity index (χ0) is 61.1. The summed E-state index contributed by atoms with van der Waals surface area (Å²) in [7, 11) is -40.3. The van der Waals surface area contributed by atoms with E-state index in [-0.39, 0.29) is 0 Å². The van der Waals surface area contributed by atoms with Gasteiger partial charge in [-0.15, -0.1) is 0 Å². The Bertz CT molecular complexity index is 2150. The van der Waals surface area contributed by atoms with Crippen molar-refractivity contribution >= 4 is 60.1 Å². The lowest BCUT2D eigenvalue weighted by Gasteiger charge is -2.49. The van der Waals surface area contributed by atoms with Crippen LogP contribution in [0.5, 0.6) is 0 Å². The highest BCUT2D eigenvalue weighted by atomic mass is 32.3. The summed E-state index contributed by atoms with van der Waals surface area (Å²) in [4.78, 5) is 0. The predicted octanol–water partition coefficient (Wildman–Crippen LogP) is 9.40. The number of sulfonamides is 6. The molecule has 3 rings (SSSR count). The average Bonchev–Trinajstić information content (AvgIpc) is 3.98. The average molecular weight is 1290 g/mol. The normalized spacial score (nSPS) is 19.1. The maximum Gasteiger partial charge on any atom is 0.480 e. The molecule has 3 fully saturated rings. The third-order valence-electron chi connectivity index (χ3n) is 12.0. The number of alkyl halides is 18. The van der Waals surface area contributed by atoms with E-state index >= 15 is 0 Å². The maximum atomic E-state index is 11.4. The van der Waals surface area contributed by atoms with E-state index in [0.717, 1.165) is 12.4 Å². The molecule has 0 spiro atoms. The van der Waals surface area contributed by atoms with E-state index in [2.05, 4.69) is 27.7 Å². The van der Waals surface area contributed by atoms with Crippen LogP contribution in [0.3, 0.4) is 0 Å². The number of nitrogens with zero attached hydrogens (tertiary/aromatic N) is 6. The highest BCUT2D eigenvalue weighted by Crippen LogP contribution is 2.41. The second kappa shape index (κ2) is 27.1. The Hall–Kier alpha value is -1.80. The van der Waals surface area contributed by atoms with Crippen LogP contribution in [0.2, 0.25) is 0 Å². The van der Waals surface area contributed by atoms with Gasteiger partial charge in [-0.05, 0) is 26.2 Å². The summed E-state index contributed by atoms with van der Waals surface area (Å²) in [5.74, 6) is 0. The molecule has 464 valence electrons. The molecule has 42 heteroatoms. The van der Waals surface area contributed by atoms with Crippen molar-refractivity contribution < 1.29 is 143 Å². The molecule has 77 heavy (non-hydrogen) atoms. The van der Waals surface area contributed by atoms with Gasteiger partial charge in [-0.2, -0.15) is 79.0 Å². The van der Waals surface area contributed by atoms with Crippen molar-refractivity contribution in [2.24, 2.45) is 5.41 Å². The van der Waals surface area contributed by atoms with Gasteiger partial charge in [0.25, 0.3) is 0 Å². The van der Waals surface area contributed by atoms with Crippen LogP contribution < -0.4 is 0 Å². The van der Waals surface area contributed by atoms with E-state index in [9.17, 15) is 130 Å².